The number of nitrogens with one attached hydrogen (secondary N) is 1. The molecular weight excluding hydrogens is 401 g/mol. The first-order valence-electron chi connectivity index (χ1n) is 7.50. The van der Waals surface area contributed by atoms with Gasteiger partial charge < -0.3 is 11.1 Å². The number of aliphatic imine (C=N–C) groups is 1. The highest BCUT2D eigenvalue weighted by atomic mass is 35.5. The van der Waals surface area contributed by atoms with Crippen LogP contribution in [0.15, 0.2) is 59.7 Å². The smallest absolute Gasteiger partial charge is 0.384 e. The number of benzene rings is 2. The predicted molar refractivity (Wildman–Crippen MR) is 98.3 cm³/mol. The number of hydrogen-bond acceptors (Lipinski definition) is 4. The van der Waals surface area contributed by atoms with Crippen LogP contribution in [-0.2, 0) is 6.18 Å². The molecule has 1 amide bonds. The minimum Gasteiger partial charge on any atom is -0.384 e. The maximum absolute atomic E-state index is 12.7. The van der Waals surface area contributed by atoms with E-state index in [9.17, 15) is 28.1 Å². The number of nitro groups is 1. The summed E-state index contributed by atoms with van der Waals surface area (Å²) in [5, 5.41) is 13.6. The van der Waals surface area contributed by atoms with E-state index in [-0.39, 0.29) is 22.1 Å². The highest BCUT2D eigenvalue weighted by Gasteiger charge is 2.30. The average Bonchev–Trinajstić information content (AvgIpc) is 2.60. The Hall–Kier alpha value is -3.40. The molecule has 3 N–H and O–H groups in total. The first-order valence-corrected chi connectivity index (χ1v) is 7.88. The van der Waals surface area contributed by atoms with Gasteiger partial charge in [-0.3, -0.25) is 14.9 Å². The van der Waals surface area contributed by atoms with Gasteiger partial charge in [0.2, 0.25) is 0 Å². The van der Waals surface area contributed by atoms with Crippen LogP contribution in [0.5, 0.6) is 0 Å². The highest BCUT2D eigenvalue weighted by molar-refractivity contribution is 6.31. The fourth-order valence-corrected chi connectivity index (χ4v) is 2.23. The number of alkyl halides is 3. The summed E-state index contributed by atoms with van der Waals surface area (Å²) in [7, 11) is 0. The monoisotopic (exact) mass is 412 g/mol. The Kier molecular flexibility index (Phi) is 6.37. The minimum atomic E-state index is -4.49. The molecule has 7 nitrogen and oxygen atoms in total. The summed E-state index contributed by atoms with van der Waals surface area (Å²) < 4.78 is 38.0. The largest absolute Gasteiger partial charge is 0.416 e. The van der Waals surface area contributed by atoms with Crippen molar-refractivity contribution in [3.05, 3.63) is 81.0 Å². The number of amides is 1. The van der Waals surface area contributed by atoms with Crippen molar-refractivity contribution < 1.29 is 22.9 Å². The van der Waals surface area contributed by atoms with E-state index >= 15 is 0 Å². The van der Waals surface area contributed by atoms with Crippen LogP contribution in [0.3, 0.4) is 0 Å². The van der Waals surface area contributed by atoms with Crippen molar-refractivity contribution >= 4 is 34.7 Å². The first-order chi connectivity index (χ1) is 13.1. The van der Waals surface area contributed by atoms with Crippen molar-refractivity contribution in [1.29, 1.82) is 0 Å². The minimum absolute atomic E-state index is 0.101. The Morgan fingerprint density at radius 2 is 1.96 bits per heavy atom. The molecule has 0 fully saturated rings. The summed E-state index contributed by atoms with van der Waals surface area (Å²) in [6.45, 7) is 0. The van der Waals surface area contributed by atoms with Crippen molar-refractivity contribution in [2.75, 3.05) is 5.32 Å². The van der Waals surface area contributed by atoms with Crippen LogP contribution < -0.4 is 11.1 Å². The van der Waals surface area contributed by atoms with Crippen molar-refractivity contribution in [3.8, 4) is 0 Å². The summed E-state index contributed by atoms with van der Waals surface area (Å²) in [4.78, 5) is 25.8. The molecule has 2 rings (SSSR count). The van der Waals surface area contributed by atoms with Crippen LogP contribution in [0.25, 0.3) is 0 Å². The molecule has 2 aromatic rings. The molecule has 0 aliphatic heterocycles. The third-order valence-corrected chi connectivity index (χ3v) is 3.55. The van der Waals surface area contributed by atoms with Gasteiger partial charge in [-0.05, 0) is 36.4 Å². The second kappa shape index (κ2) is 8.53. The highest BCUT2D eigenvalue weighted by Crippen LogP contribution is 2.30. The molecule has 0 saturated carbocycles. The number of nitro benzene ring substituents is 1. The molecule has 0 radical (unpaired) electrons. The number of carbonyl (C=O) groups is 1. The fraction of sp³-hybridized carbons (Fsp3) is 0.0588. The van der Waals surface area contributed by atoms with E-state index < -0.39 is 28.3 Å². The van der Waals surface area contributed by atoms with Crippen LogP contribution in [0.1, 0.15) is 15.9 Å². The molecule has 11 heteroatoms. The maximum atomic E-state index is 12.7. The van der Waals surface area contributed by atoms with Gasteiger partial charge in [0.1, 0.15) is 11.4 Å². The van der Waals surface area contributed by atoms with Gasteiger partial charge in [-0.25, -0.2) is 0 Å². The summed E-state index contributed by atoms with van der Waals surface area (Å²) >= 11 is 5.74. The van der Waals surface area contributed by atoms with Crippen molar-refractivity contribution in [3.63, 3.8) is 0 Å². The molecule has 0 heterocycles. The number of nitrogens with two attached hydrogens (primary N) is 1. The number of anilines is 1. The van der Waals surface area contributed by atoms with Gasteiger partial charge in [-0.15, -0.1) is 0 Å². The lowest BCUT2D eigenvalue weighted by molar-refractivity contribution is -0.385. The molecule has 0 aromatic heterocycles. The predicted octanol–water partition coefficient (Wildman–Crippen LogP) is 4.39. The Bertz CT molecular complexity index is 974. The topological polar surface area (TPSA) is 111 Å². The van der Waals surface area contributed by atoms with Crippen LogP contribution in [-0.4, -0.2) is 16.7 Å². The molecule has 146 valence electrons. The van der Waals surface area contributed by atoms with Crippen molar-refractivity contribution in [2.24, 2.45) is 10.7 Å². The van der Waals surface area contributed by atoms with Crippen LogP contribution in [0.4, 0.5) is 24.5 Å². The number of hydrogen-bond donors (Lipinski definition) is 2. The lowest BCUT2D eigenvalue weighted by Gasteiger charge is -2.08. The van der Waals surface area contributed by atoms with Gasteiger partial charge >= 0.3 is 6.18 Å². The standard InChI is InChI=1S/C17H12ClF3N4O3/c18-11-4-5-14(25(27)28)13(9-11)16(26)24-15(22)6-7-23-12-3-1-2-10(8-12)17(19,20)21/h1-9,23H,(H2,22,24,26)/b7-6-. The van der Waals surface area contributed by atoms with Gasteiger partial charge in [0.25, 0.3) is 11.6 Å². The molecule has 0 saturated heterocycles. The van der Waals surface area contributed by atoms with E-state index in [1.54, 1.807) is 0 Å². The molecule has 0 aliphatic carbocycles. The summed E-state index contributed by atoms with van der Waals surface area (Å²) in [6.07, 6.45) is -2.19. The quantitative estimate of drug-likeness (QED) is 0.327. The molecule has 0 aliphatic rings. The van der Waals surface area contributed by atoms with E-state index in [1.165, 1.54) is 24.4 Å². The van der Waals surface area contributed by atoms with Gasteiger partial charge in [-0.1, -0.05) is 17.7 Å². The number of rotatable bonds is 5. The molecular formula is C17H12ClF3N4O3. The molecule has 0 atom stereocenters. The van der Waals surface area contributed by atoms with Crippen LogP contribution in [0, 0.1) is 10.1 Å². The van der Waals surface area contributed by atoms with E-state index in [2.05, 4.69) is 10.3 Å². The summed E-state index contributed by atoms with van der Waals surface area (Å²) in [6, 6.07) is 7.82. The lowest BCUT2D eigenvalue weighted by Crippen LogP contribution is -2.13. The lowest BCUT2D eigenvalue weighted by atomic mass is 10.1. The SMILES string of the molecule is NC(/C=C\Nc1cccc(C(F)(F)F)c1)=NC(=O)c1cc(Cl)ccc1[N+](=O)[O-]. The molecule has 28 heavy (non-hydrogen) atoms. The van der Waals surface area contributed by atoms with E-state index in [1.807, 2.05) is 0 Å². The van der Waals surface area contributed by atoms with E-state index in [0.717, 1.165) is 30.3 Å². The molecule has 0 unspecified atom stereocenters. The second-order valence-corrected chi connectivity index (χ2v) is 5.75. The first kappa shape index (κ1) is 20.9. The maximum Gasteiger partial charge on any atom is 0.416 e. The molecule has 2 aromatic carbocycles. The Labute approximate surface area is 161 Å². The number of amidine groups is 1. The molecule has 0 bridgehead atoms. The van der Waals surface area contributed by atoms with Crippen molar-refractivity contribution in [2.45, 2.75) is 6.18 Å². The van der Waals surface area contributed by atoms with Crippen LogP contribution >= 0.6 is 11.6 Å². The fourth-order valence-electron chi connectivity index (χ4n) is 2.06. The zero-order valence-electron chi connectivity index (χ0n) is 13.9. The number of carbonyl (C=O) groups excluding carboxylic acids is 1. The third kappa shape index (κ3) is 5.55. The third-order valence-electron chi connectivity index (χ3n) is 3.31. The average molecular weight is 413 g/mol. The van der Waals surface area contributed by atoms with Crippen LogP contribution in [0.2, 0.25) is 5.02 Å². The normalized spacial score (nSPS) is 12.2. The summed E-state index contributed by atoms with van der Waals surface area (Å²) in [5.74, 6) is -1.31. The van der Waals surface area contributed by atoms with E-state index in [4.69, 9.17) is 17.3 Å². The molecule has 0 spiro atoms. The van der Waals surface area contributed by atoms with Gasteiger partial charge in [0, 0.05) is 23.0 Å². The zero-order valence-corrected chi connectivity index (χ0v) is 14.7. The Morgan fingerprint density at radius 3 is 2.61 bits per heavy atom. The van der Waals surface area contributed by atoms with Crippen molar-refractivity contribution in [1.82, 2.24) is 0 Å². The number of nitrogens with zero attached hydrogens (tertiary/aromatic N) is 2. The van der Waals surface area contributed by atoms with Gasteiger partial charge in [0.15, 0.2) is 0 Å². The Morgan fingerprint density at radius 1 is 1.25 bits per heavy atom. The van der Waals surface area contributed by atoms with Gasteiger partial charge in [0.05, 0.1) is 10.5 Å². The number of halogens is 4. The second-order valence-electron chi connectivity index (χ2n) is 5.32. The summed E-state index contributed by atoms with van der Waals surface area (Å²) in [5.41, 5.74) is 4.02. The zero-order chi connectivity index (χ0) is 20.9. The van der Waals surface area contributed by atoms with Gasteiger partial charge in [-0.2, -0.15) is 18.2 Å². The van der Waals surface area contributed by atoms with E-state index in [0.29, 0.717) is 0 Å². The Balaban J connectivity index is 2.14.